The number of hydrogen-bond acceptors (Lipinski definition) is 3. The highest BCUT2D eigenvalue weighted by Gasteiger charge is 2.35. The maximum Gasteiger partial charge on any atom is 0.419 e. The Balaban J connectivity index is 2.84. The molecule has 2 rings (SSSR count). The molecule has 0 fully saturated rings. The zero-order chi connectivity index (χ0) is 13.5. The van der Waals surface area contributed by atoms with Gasteiger partial charge in [-0.25, -0.2) is 0 Å². The molecule has 1 aromatic carbocycles. The fraction of sp³-hybridized carbons (Fsp3) is 0.182. The van der Waals surface area contributed by atoms with Gasteiger partial charge in [-0.1, -0.05) is 0 Å². The van der Waals surface area contributed by atoms with Gasteiger partial charge in [-0.2, -0.15) is 18.4 Å². The molecule has 0 aliphatic carbocycles. The third-order valence-electron chi connectivity index (χ3n) is 2.56. The summed E-state index contributed by atoms with van der Waals surface area (Å²) in [7, 11) is 1.15. The Morgan fingerprint density at radius 2 is 2.06 bits per heavy atom. The topological polar surface area (TPSA) is 74.8 Å². The van der Waals surface area contributed by atoms with Crippen molar-refractivity contribution in [2.75, 3.05) is 12.8 Å². The molecule has 0 aliphatic rings. The van der Waals surface area contributed by atoms with Gasteiger partial charge in [-0.05, 0) is 6.07 Å². The molecule has 2 aromatic rings. The molecular formula is C11H8F3N3O. The van der Waals surface area contributed by atoms with Crippen molar-refractivity contribution in [2.45, 2.75) is 6.18 Å². The van der Waals surface area contributed by atoms with Crippen LogP contribution in [0.5, 0.6) is 5.75 Å². The molecule has 0 spiro atoms. The van der Waals surface area contributed by atoms with E-state index in [-0.39, 0.29) is 22.5 Å². The van der Waals surface area contributed by atoms with Crippen molar-refractivity contribution in [1.29, 1.82) is 5.26 Å². The summed E-state index contributed by atoms with van der Waals surface area (Å²) in [6.07, 6.45) is -4.56. The summed E-state index contributed by atoms with van der Waals surface area (Å²) >= 11 is 0. The molecule has 0 saturated heterocycles. The highest BCUT2D eigenvalue weighted by molar-refractivity contribution is 5.92. The minimum Gasteiger partial charge on any atom is -0.496 e. The maximum atomic E-state index is 12.8. The third-order valence-corrected chi connectivity index (χ3v) is 2.56. The van der Waals surface area contributed by atoms with Gasteiger partial charge < -0.3 is 15.5 Å². The predicted octanol–water partition coefficient (Wildman–Crippen LogP) is 2.65. The van der Waals surface area contributed by atoms with Crippen LogP contribution in [-0.4, -0.2) is 12.1 Å². The standard InChI is InChI=1S/C11H8F3N3O/c1-18-9-3-8-5(2-7(9)11(12,13)14)6(4-15)10(16)17-8/h2-3,17H,16H2,1H3. The number of methoxy groups -OCH3 is 1. The molecular weight excluding hydrogens is 247 g/mol. The lowest BCUT2D eigenvalue weighted by Gasteiger charge is -2.11. The van der Waals surface area contributed by atoms with Crippen molar-refractivity contribution in [3.8, 4) is 11.8 Å². The monoisotopic (exact) mass is 255 g/mol. The van der Waals surface area contributed by atoms with Crippen molar-refractivity contribution in [3.63, 3.8) is 0 Å². The largest absolute Gasteiger partial charge is 0.496 e. The van der Waals surface area contributed by atoms with E-state index in [1.807, 2.05) is 0 Å². The first-order chi connectivity index (χ1) is 8.38. The number of H-pyrrole nitrogens is 1. The van der Waals surface area contributed by atoms with E-state index in [9.17, 15) is 13.2 Å². The van der Waals surface area contributed by atoms with E-state index in [1.54, 1.807) is 6.07 Å². The number of nitrogens with two attached hydrogens (primary N) is 1. The first-order valence-corrected chi connectivity index (χ1v) is 4.85. The first-order valence-electron chi connectivity index (χ1n) is 4.85. The van der Waals surface area contributed by atoms with Crippen LogP contribution in [0.25, 0.3) is 10.9 Å². The quantitative estimate of drug-likeness (QED) is 0.822. The molecule has 7 heteroatoms. The highest BCUT2D eigenvalue weighted by atomic mass is 19.4. The molecule has 3 N–H and O–H groups in total. The number of benzene rings is 1. The Bertz CT molecular complexity index is 652. The van der Waals surface area contributed by atoms with Crippen molar-refractivity contribution >= 4 is 16.7 Å². The third kappa shape index (κ3) is 1.72. The van der Waals surface area contributed by atoms with Crippen molar-refractivity contribution in [2.24, 2.45) is 0 Å². The van der Waals surface area contributed by atoms with Gasteiger partial charge in [0.2, 0.25) is 0 Å². The SMILES string of the molecule is COc1cc2[nH]c(N)c(C#N)c2cc1C(F)(F)F. The molecule has 0 aliphatic heterocycles. The number of nitriles is 1. The first kappa shape index (κ1) is 12.1. The van der Waals surface area contributed by atoms with E-state index in [1.165, 1.54) is 6.07 Å². The van der Waals surface area contributed by atoms with Gasteiger partial charge in [0.15, 0.2) is 0 Å². The second kappa shape index (κ2) is 3.84. The Morgan fingerprint density at radius 1 is 1.39 bits per heavy atom. The number of hydrogen-bond donors (Lipinski definition) is 2. The Labute approximate surface area is 99.8 Å². The number of halogens is 3. The number of nitrogen functional groups attached to an aromatic ring is 1. The number of aromatic nitrogens is 1. The van der Waals surface area contributed by atoms with Gasteiger partial charge >= 0.3 is 6.18 Å². The van der Waals surface area contributed by atoms with Gasteiger partial charge in [0.25, 0.3) is 0 Å². The van der Waals surface area contributed by atoms with E-state index in [0.29, 0.717) is 5.52 Å². The van der Waals surface area contributed by atoms with Gasteiger partial charge in [0, 0.05) is 11.5 Å². The average molecular weight is 255 g/mol. The average Bonchev–Trinajstić information content (AvgIpc) is 2.60. The van der Waals surface area contributed by atoms with E-state index in [2.05, 4.69) is 4.98 Å². The summed E-state index contributed by atoms with van der Waals surface area (Å²) in [4.78, 5) is 2.64. The maximum absolute atomic E-state index is 12.8. The van der Waals surface area contributed by atoms with Crippen LogP contribution in [0.15, 0.2) is 12.1 Å². The van der Waals surface area contributed by atoms with Crippen molar-refractivity contribution in [1.82, 2.24) is 4.98 Å². The van der Waals surface area contributed by atoms with Crippen LogP contribution in [0, 0.1) is 11.3 Å². The van der Waals surface area contributed by atoms with Crippen LogP contribution < -0.4 is 10.5 Å². The van der Waals surface area contributed by atoms with Gasteiger partial charge in [-0.15, -0.1) is 0 Å². The molecule has 18 heavy (non-hydrogen) atoms. The molecule has 94 valence electrons. The number of rotatable bonds is 1. The summed E-state index contributed by atoms with van der Waals surface area (Å²) in [5, 5.41) is 8.99. The fourth-order valence-corrected chi connectivity index (χ4v) is 1.75. The lowest BCUT2D eigenvalue weighted by Crippen LogP contribution is -2.07. The zero-order valence-electron chi connectivity index (χ0n) is 9.22. The summed E-state index contributed by atoms with van der Waals surface area (Å²) in [5.74, 6) is -0.283. The molecule has 1 heterocycles. The summed E-state index contributed by atoms with van der Waals surface area (Å²) < 4.78 is 43.1. The molecule has 0 unspecified atom stereocenters. The molecule has 0 amide bonds. The van der Waals surface area contributed by atoms with Gasteiger partial charge in [-0.3, -0.25) is 0 Å². The molecule has 0 atom stereocenters. The van der Waals surface area contributed by atoms with Crippen LogP contribution in [0.3, 0.4) is 0 Å². The second-order valence-corrected chi connectivity index (χ2v) is 3.62. The predicted molar refractivity (Wildman–Crippen MR) is 59.0 cm³/mol. The number of ether oxygens (including phenoxy) is 1. The number of nitrogens with zero attached hydrogens (tertiary/aromatic N) is 1. The lowest BCUT2D eigenvalue weighted by atomic mass is 10.1. The number of alkyl halides is 3. The Morgan fingerprint density at radius 3 is 2.56 bits per heavy atom. The van der Waals surface area contributed by atoms with Gasteiger partial charge in [0.1, 0.15) is 23.2 Å². The fourth-order valence-electron chi connectivity index (χ4n) is 1.75. The van der Waals surface area contributed by atoms with Crippen LogP contribution >= 0.6 is 0 Å². The van der Waals surface area contributed by atoms with Crippen LogP contribution in [0.2, 0.25) is 0 Å². The zero-order valence-corrected chi connectivity index (χ0v) is 9.22. The summed E-state index contributed by atoms with van der Waals surface area (Å²) in [6, 6.07) is 3.81. The van der Waals surface area contributed by atoms with E-state index >= 15 is 0 Å². The van der Waals surface area contributed by atoms with Crippen molar-refractivity contribution < 1.29 is 17.9 Å². The van der Waals surface area contributed by atoms with Crippen molar-refractivity contribution in [3.05, 3.63) is 23.3 Å². The molecule has 1 aromatic heterocycles. The smallest absolute Gasteiger partial charge is 0.419 e. The van der Waals surface area contributed by atoms with Crippen LogP contribution in [0.1, 0.15) is 11.1 Å². The highest BCUT2D eigenvalue weighted by Crippen LogP contribution is 2.39. The number of anilines is 1. The van der Waals surface area contributed by atoms with E-state index < -0.39 is 11.7 Å². The minimum atomic E-state index is -4.56. The molecule has 0 saturated carbocycles. The Hall–Kier alpha value is -2.36. The summed E-state index contributed by atoms with van der Waals surface area (Å²) in [6.45, 7) is 0. The number of nitrogens with one attached hydrogen (secondary N) is 1. The minimum absolute atomic E-state index is 0.00171. The Kier molecular flexibility index (Phi) is 2.58. The molecule has 0 radical (unpaired) electrons. The molecule has 0 bridgehead atoms. The van der Waals surface area contributed by atoms with E-state index in [4.69, 9.17) is 15.7 Å². The lowest BCUT2D eigenvalue weighted by molar-refractivity contribution is -0.138. The second-order valence-electron chi connectivity index (χ2n) is 3.62. The number of aromatic amines is 1. The van der Waals surface area contributed by atoms with Gasteiger partial charge in [0.05, 0.1) is 18.2 Å². The normalized spacial score (nSPS) is 11.5. The van der Waals surface area contributed by atoms with Crippen LogP contribution in [0.4, 0.5) is 19.0 Å². The van der Waals surface area contributed by atoms with E-state index in [0.717, 1.165) is 13.2 Å². The summed E-state index contributed by atoms with van der Waals surface area (Å²) in [5.41, 5.74) is 4.90. The number of fused-ring (bicyclic) bond motifs is 1. The van der Waals surface area contributed by atoms with Crippen LogP contribution in [-0.2, 0) is 6.18 Å². The molecule has 4 nitrogen and oxygen atoms in total.